The molecule has 0 saturated carbocycles. The minimum Gasteiger partial charge on any atom is -0.378 e. The summed E-state index contributed by atoms with van der Waals surface area (Å²) in [4.78, 5) is 4.24. The molecule has 1 atom stereocenters. The Balaban J connectivity index is 1.68. The van der Waals surface area contributed by atoms with Crippen LogP contribution in [0.1, 0.15) is 30.4 Å². The van der Waals surface area contributed by atoms with E-state index in [9.17, 15) is 0 Å². The summed E-state index contributed by atoms with van der Waals surface area (Å²) in [5.74, 6) is 0.851. The van der Waals surface area contributed by atoms with Crippen molar-refractivity contribution < 1.29 is 4.74 Å². The van der Waals surface area contributed by atoms with Gasteiger partial charge in [-0.2, -0.15) is 0 Å². The molecule has 0 aliphatic carbocycles. The number of ether oxygens (including phenoxy) is 1. The van der Waals surface area contributed by atoms with Gasteiger partial charge in [-0.3, -0.25) is 4.99 Å². The normalized spacial score (nSPS) is 19.1. The van der Waals surface area contributed by atoms with Crippen molar-refractivity contribution in [3.05, 3.63) is 35.4 Å². The van der Waals surface area contributed by atoms with Gasteiger partial charge in [-0.25, -0.2) is 0 Å². The number of aliphatic imine (C=N–C) groups is 1. The third kappa shape index (κ3) is 4.85. The Morgan fingerprint density at radius 1 is 1.30 bits per heavy atom. The van der Waals surface area contributed by atoms with Gasteiger partial charge in [-0.15, -0.1) is 0 Å². The average molecular weight is 275 g/mol. The lowest BCUT2D eigenvalue weighted by molar-refractivity contribution is 0.105. The fourth-order valence-electron chi connectivity index (χ4n) is 2.34. The van der Waals surface area contributed by atoms with Crippen molar-refractivity contribution in [2.75, 3.05) is 20.2 Å². The first-order valence-corrected chi connectivity index (χ1v) is 7.39. The second-order valence-corrected chi connectivity index (χ2v) is 5.26. The molecule has 0 amide bonds. The first-order valence-electron chi connectivity index (χ1n) is 7.39. The van der Waals surface area contributed by atoms with Gasteiger partial charge in [0.1, 0.15) is 0 Å². The lowest BCUT2D eigenvalue weighted by Crippen LogP contribution is -2.38. The number of nitrogens with zero attached hydrogens (tertiary/aromatic N) is 1. The highest BCUT2D eigenvalue weighted by molar-refractivity contribution is 5.79. The maximum absolute atomic E-state index is 5.61. The van der Waals surface area contributed by atoms with Crippen LogP contribution in [0.4, 0.5) is 0 Å². The van der Waals surface area contributed by atoms with Crippen LogP contribution in [-0.2, 0) is 11.3 Å². The molecule has 1 fully saturated rings. The highest BCUT2D eigenvalue weighted by Crippen LogP contribution is 2.14. The molecule has 1 unspecified atom stereocenters. The number of hydrogen-bond donors (Lipinski definition) is 2. The van der Waals surface area contributed by atoms with Crippen LogP contribution in [-0.4, -0.2) is 32.3 Å². The largest absolute Gasteiger partial charge is 0.378 e. The molecule has 0 spiro atoms. The lowest BCUT2D eigenvalue weighted by atomic mass is 10.1. The fourth-order valence-corrected chi connectivity index (χ4v) is 2.34. The second-order valence-electron chi connectivity index (χ2n) is 5.26. The number of guanidine groups is 1. The van der Waals surface area contributed by atoms with Crippen molar-refractivity contribution in [3.63, 3.8) is 0 Å². The van der Waals surface area contributed by atoms with Crippen LogP contribution in [0.5, 0.6) is 0 Å². The molecular formula is C16H25N3O. The summed E-state index contributed by atoms with van der Waals surface area (Å²) in [6.07, 6.45) is 3.87. The van der Waals surface area contributed by atoms with Crippen molar-refractivity contribution in [2.24, 2.45) is 4.99 Å². The number of rotatable bonds is 5. The maximum atomic E-state index is 5.61. The van der Waals surface area contributed by atoms with Crippen LogP contribution in [0.25, 0.3) is 0 Å². The average Bonchev–Trinajstić information content (AvgIpc) is 2.97. The van der Waals surface area contributed by atoms with E-state index in [-0.39, 0.29) is 0 Å². The quantitative estimate of drug-likeness (QED) is 0.640. The summed E-state index contributed by atoms with van der Waals surface area (Å²) < 4.78 is 5.61. The standard InChI is InChI=1S/C16H25N3O/c1-13-5-7-14(8-6-13)12-19-16(17-2)18-10-9-15-4-3-11-20-15/h5-8,15H,3-4,9-12H2,1-2H3,(H2,17,18,19). The van der Waals surface area contributed by atoms with E-state index in [2.05, 4.69) is 46.8 Å². The second kappa shape index (κ2) is 7.90. The van der Waals surface area contributed by atoms with Gasteiger partial charge in [0.15, 0.2) is 5.96 Å². The zero-order valence-corrected chi connectivity index (χ0v) is 12.5. The van der Waals surface area contributed by atoms with Gasteiger partial charge in [-0.1, -0.05) is 29.8 Å². The molecule has 110 valence electrons. The van der Waals surface area contributed by atoms with Gasteiger partial charge in [0.25, 0.3) is 0 Å². The molecule has 0 bridgehead atoms. The summed E-state index contributed by atoms with van der Waals surface area (Å²) in [6, 6.07) is 8.54. The van der Waals surface area contributed by atoms with E-state index in [1.54, 1.807) is 7.05 Å². The molecular weight excluding hydrogens is 250 g/mol. The van der Waals surface area contributed by atoms with Crippen LogP contribution >= 0.6 is 0 Å². The molecule has 1 saturated heterocycles. The number of hydrogen-bond acceptors (Lipinski definition) is 2. The summed E-state index contributed by atoms with van der Waals surface area (Å²) in [5.41, 5.74) is 2.55. The Morgan fingerprint density at radius 3 is 2.75 bits per heavy atom. The monoisotopic (exact) mass is 275 g/mol. The molecule has 1 aromatic carbocycles. The zero-order chi connectivity index (χ0) is 14.2. The van der Waals surface area contributed by atoms with Gasteiger partial charge in [0.05, 0.1) is 6.10 Å². The van der Waals surface area contributed by atoms with E-state index in [1.165, 1.54) is 24.0 Å². The maximum Gasteiger partial charge on any atom is 0.191 e. The molecule has 2 N–H and O–H groups in total. The Kier molecular flexibility index (Phi) is 5.87. The minimum absolute atomic E-state index is 0.428. The third-order valence-corrected chi connectivity index (χ3v) is 3.59. The SMILES string of the molecule is CN=C(NCCC1CCCO1)NCc1ccc(C)cc1. The molecule has 4 nitrogen and oxygen atoms in total. The van der Waals surface area contributed by atoms with E-state index in [0.717, 1.165) is 32.1 Å². The molecule has 1 heterocycles. The summed E-state index contributed by atoms with van der Waals surface area (Å²) in [7, 11) is 1.80. The van der Waals surface area contributed by atoms with Crippen LogP contribution in [0, 0.1) is 6.92 Å². The molecule has 2 rings (SSSR count). The van der Waals surface area contributed by atoms with Gasteiger partial charge in [-0.05, 0) is 31.7 Å². The van der Waals surface area contributed by atoms with Gasteiger partial charge in [0, 0.05) is 26.7 Å². The molecule has 1 aromatic rings. The minimum atomic E-state index is 0.428. The van der Waals surface area contributed by atoms with E-state index < -0.39 is 0 Å². The number of aryl methyl sites for hydroxylation is 1. The number of benzene rings is 1. The Labute approximate surface area is 121 Å². The van der Waals surface area contributed by atoms with Crippen LogP contribution in [0.3, 0.4) is 0 Å². The van der Waals surface area contributed by atoms with Crippen LogP contribution in [0.2, 0.25) is 0 Å². The highest BCUT2D eigenvalue weighted by atomic mass is 16.5. The summed E-state index contributed by atoms with van der Waals surface area (Å²) in [6.45, 7) is 4.71. The van der Waals surface area contributed by atoms with Crippen molar-refractivity contribution in [1.29, 1.82) is 0 Å². The first-order chi connectivity index (χ1) is 9.78. The molecule has 0 aromatic heterocycles. The predicted molar refractivity (Wildman–Crippen MR) is 83.0 cm³/mol. The summed E-state index contributed by atoms with van der Waals surface area (Å²) >= 11 is 0. The molecule has 1 aliphatic heterocycles. The molecule has 0 radical (unpaired) electrons. The van der Waals surface area contributed by atoms with Gasteiger partial charge >= 0.3 is 0 Å². The van der Waals surface area contributed by atoms with Gasteiger partial charge < -0.3 is 15.4 Å². The third-order valence-electron chi connectivity index (χ3n) is 3.59. The van der Waals surface area contributed by atoms with Crippen LogP contribution in [0.15, 0.2) is 29.3 Å². The predicted octanol–water partition coefficient (Wildman–Crippen LogP) is 2.23. The van der Waals surface area contributed by atoms with E-state index >= 15 is 0 Å². The smallest absolute Gasteiger partial charge is 0.191 e. The Morgan fingerprint density at radius 2 is 2.10 bits per heavy atom. The molecule has 1 aliphatic rings. The van der Waals surface area contributed by atoms with Crippen molar-refractivity contribution >= 4 is 5.96 Å². The molecule has 20 heavy (non-hydrogen) atoms. The first kappa shape index (κ1) is 14.9. The topological polar surface area (TPSA) is 45.7 Å². The Hall–Kier alpha value is -1.55. The van der Waals surface area contributed by atoms with Crippen LogP contribution < -0.4 is 10.6 Å². The van der Waals surface area contributed by atoms with Crippen molar-refractivity contribution in [2.45, 2.75) is 38.8 Å². The van der Waals surface area contributed by atoms with E-state index in [4.69, 9.17) is 4.74 Å². The van der Waals surface area contributed by atoms with Gasteiger partial charge in [0.2, 0.25) is 0 Å². The summed E-state index contributed by atoms with van der Waals surface area (Å²) in [5, 5.41) is 6.67. The lowest BCUT2D eigenvalue weighted by Gasteiger charge is -2.14. The highest BCUT2D eigenvalue weighted by Gasteiger charge is 2.14. The fraction of sp³-hybridized carbons (Fsp3) is 0.562. The zero-order valence-electron chi connectivity index (χ0n) is 12.5. The van der Waals surface area contributed by atoms with Crippen molar-refractivity contribution in [3.8, 4) is 0 Å². The molecule has 4 heteroatoms. The Bertz CT molecular complexity index is 422. The van der Waals surface area contributed by atoms with E-state index in [1.807, 2.05) is 0 Å². The number of nitrogens with one attached hydrogen (secondary N) is 2. The van der Waals surface area contributed by atoms with E-state index in [0.29, 0.717) is 6.10 Å². The van der Waals surface area contributed by atoms with Crippen molar-refractivity contribution in [1.82, 2.24) is 10.6 Å².